The number of hydrogen-bond acceptors (Lipinski definition) is 9. The number of carboxylic acid groups (broad SMARTS) is 1. The highest BCUT2D eigenvalue weighted by Gasteiger charge is 2.18. The van der Waals surface area contributed by atoms with Crippen molar-refractivity contribution in [1.29, 1.82) is 0 Å². The molecule has 6 aromatic rings. The minimum absolute atomic E-state index is 0.218. The third-order valence-corrected chi connectivity index (χ3v) is 9.30. The molecule has 6 amide bonds. The first-order valence-corrected chi connectivity index (χ1v) is 22.2. The molecule has 0 heterocycles. The summed E-state index contributed by atoms with van der Waals surface area (Å²) in [6.07, 6.45) is -2.18. The number of nitrogens with one attached hydrogen (secondary N) is 6. The van der Waals surface area contributed by atoms with Crippen molar-refractivity contribution in [2.75, 3.05) is 50.9 Å². The lowest BCUT2D eigenvalue weighted by Crippen LogP contribution is -2.27. The van der Waals surface area contributed by atoms with E-state index in [1.807, 2.05) is 31.1 Å². The topological polar surface area (TPSA) is 217 Å². The van der Waals surface area contributed by atoms with Crippen LogP contribution >= 0.6 is 23.2 Å². The molecule has 18 heteroatoms. The Balaban J connectivity index is 0.000000229. The zero-order valence-corrected chi connectivity index (χ0v) is 41.3. The molecule has 7 N–H and O–H groups in total. The molecule has 0 saturated carbocycles. The van der Waals surface area contributed by atoms with Crippen LogP contribution in [0.2, 0.25) is 10.0 Å². The van der Waals surface area contributed by atoms with E-state index in [2.05, 4.69) is 31.9 Å². The Morgan fingerprint density at radius 2 is 0.757 bits per heavy atom. The second-order valence-electron chi connectivity index (χ2n) is 17.2. The smallest absolute Gasteiger partial charge is 0.412 e. The lowest BCUT2D eigenvalue weighted by molar-refractivity contribution is 0.0624. The van der Waals surface area contributed by atoms with Gasteiger partial charge in [-0.15, -0.1) is 0 Å². The molecule has 0 saturated heterocycles. The lowest BCUT2D eigenvalue weighted by Gasteiger charge is -2.19. The summed E-state index contributed by atoms with van der Waals surface area (Å²) < 4.78 is 10.3. The highest BCUT2D eigenvalue weighted by molar-refractivity contribution is 6.31. The van der Waals surface area contributed by atoms with E-state index in [0.29, 0.717) is 60.9 Å². The number of anilines is 7. The van der Waals surface area contributed by atoms with Crippen LogP contribution in [0.25, 0.3) is 0 Å². The first kappa shape index (κ1) is 54.5. The molecule has 16 nitrogen and oxygen atoms in total. The molecule has 0 aliphatic carbocycles. The molecular formula is C52H55Cl2N7O9. The van der Waals surface area contributed by atoms with Gasteiger partial charge in [-0.05, 0) is 181 Å². The third kappa shape index (κ3) is 20.0. The molecule has 0 fully saturated rings. The van der Waals surface area contributed by atoms with Crippen LogP contribution in [-0.4, -0.2) is 66.4 Å². The summed E-state index contributed by atoms with van der Waals surface area (Å²) in [5.74, 6) is -0.714. The number of benzene rings is 6. The van der Waals surface area contributed by atoms with E-state index in [0.717, 1.165) is 5.69 Å². The van der Waals surface area contributed by atoms with Crippen LogP contribution in [0, 0.1) is 0 Å². The molecule has 0 aliphatic rings. The maximum absolute atomic E-state index is 12.1. The van der Waals surface area contributed by atoms with E-state index in [-0.39, 0.29) is 17.7 Å². The number of halogens is 2. The van der Waals surface area contributed by atoms with Gasteiger partial charge in [-0.25, -0.2) is 14.4 Å². The highest BCUT2D eigenvalue weighted by atomic mass is 35.5. The van der Waals surface area contributed by atoms with Crippen molar-refractivity contribution < 1.29 is 43.3 Å². The van der Waals surface area contributed by atoms with Gasteiger partial charge < -0.3 is 35.4 Å². The SMILES string of the molecule is CC(C)(C)OC(=O)Nc1ccc(NC(=O)c2ccc(Cl)cc2)cc1.CC(C)(C)OC(=O)Nc1ccc(NC(=O)c2cccc(Cl)c2)cc1.CN(C)c1ccc(C(=O)Nc2ccc(NC(=O)O)cc2)cc1. The number of hydrogen-bond donors (Lipinski definition) is 7. The fourth-order valence-electron chi connectivity index (χ4n) is 5.63. The number of ether oxygens (including phenoxy) is 2. The molecule has 6 rings (SSSR count). The maximum Gasteiger partial charge on any atom is 0.412 e. The van der Waals surface area contributed by atoms with E-state index in [1.54, 1.807) is 175 Å². The van der Waals surface area contributed by atoms with Gasteiger partial charge in [-0.2, -0.15) is 0 Å². The zero-order valence-electron chi connectivity index (χ0n) is 39.8. The summed E-state index contributed by atoms with van der Waals surface area (Å²) >= 11 is 11.7. The quantitative estimate of drug-likeness (QED) is 0.0689. The summed E-state index contributed by atoms with van der Waals surface area (Å²) in [6, 6.07) is 40.5. The normalized spacial score (nSPS) is 10.5. The summed E-state index contributed by atoms with van der Waals surface area (Å²) in [4.78, 5) is 72.2. The molecule has 0 aromatic heterocycles. The van der Waals surface area contributed by atoms with Gasteiger partial charge in [-0.3, -0.25) is 30.3 Å². The Morgan fingerprint density at radius 1 is 0.429 bits per heavy atom. The molecule has 0 atom stereocenters. The van der Waals surface area contributed by atoms with Crippen molar-refractivity contribution in [1.82, 2.24) is 0 Å². The molecule has 0 spiro atoms. The van der Waals surface area contributed by atoms with Crippen molar-refractivity contribution in [3.05, 3.63) is 172 Å². The number of rotatable bonds is 10. The minimum Gasteiger partial charge on any atom is -0.465 e. The molecule has 366 valence electrons. The first-order chi connectivity index (χ1) is 32.9. The zero-order chi connectivity index (χ0) is 51.6. The van der Waals surface area contributed by atoms with Gasteiger partial charge in [0.05, 0.1) is 0 Å². The van der Waals surface area contributed by atoms with Crippen LogP contribution in [0.15, 0.2) is 146 Å². The summed E-state index contributed by atoms with van der Waals surface area (Å²) in [7, 11) is 3.86. The van der Waals surface area contributed by atoms with Crippen LogP contribution in [0.4, 0.5) is 54.2 Å². The number of carbonyl (C=O) groups excluding carboxylic acids is 5. The van der Waals surface area contributed by atoms with Crippen molar-refractivity contribution in [2.24, 2.45) is 0 Å². The molecule has 70 heavy (non-hydrogen) atoms. The van der Waals surface area contributed by atoms with Crippen LogP contribution < -0.4 is 36.8 Å². The lowest BCUT2D eigenvalue weighted by atomic mass is 10.2. The van der Waals surface area contributed by atoms with Crippen LogP contribution in [0.3, 0.4) is 0 Å². The number of nitrogens with zero attached hydrogens (tertiary/aromatic N) is 1. The van der Waals surface area contributed by atoms with Gasteiger partial charge in [0, 0.05) is 80.6 Å². The largest absolute Gasteiger partial charge is 0.465 e. The van der Waals surface area contributed by atoms with Gasteiger partial charge in [0.25, 0.3) is 17.7 Å². The summed E-state index contributed by atoms with van der Waals surface area (Å²) in [6.45, 7) is 10.8. The van der Waals surface area contributed by atoms with Crippen LogP contribution in [-0.2, 0) is 9.47 Å². The Labute approximate surface area is 416 Å². The Hall–Kier alpha value is -8.08. The van der Waals surface area contributed by atoms with Gasteiger partial charge in [0.1, 0.15) is 11.2 Å². The highest BCUT2D eigenvalue weighted by Crippen LogP contribution is 2.21. The van der Waals surface area contributed by atoms with Gasteiger partial charge in [0.15, 0.2) is 0 Å². The van der Waals surface area contributed by atoms with Crippen molar-refractivity contribution >= 4 is 99.0 Å². The number of carbonyl (C=O) groups is 6. The van der Waals surface area contributed by atoms with Crippen LogP contribution in [0.1, 0.15) is 72.6 Å². The standard InChI is InChI=1S/2C18H19ClN2O3.C16H17N3O3/c1-18(2,3)24-17(23)21-15-10-8-14(9-11-15)20-16(22)12-4-6-13(19)7-5-12;1-18(2,3)24-17(23)21-15-9-7-14(8-10-15)20-16(22)12-5-4-6-13(19)11-12;1-19(2)14-9-3-11(4-10-14)15(20)17-12-5-7-13(8-6-12)18-16(21)22/h2*4-11H,1-3H3,(H,20,22)(H,21,23);3-10,18H,1-2H3,(H,17,20)(H,21,22). The summed E-state index contributed by atoms with van der Waals surface area (Å²) in [5, 5.41) is 25.5. The van der Waals surface area contributed by atoms with E-state index < -0.39 is 29.5 Å². The monoisotopic (exact) mass is 991 g/mol. The Morgan fingerprint density at radius 3 is 1.09 bits per heavy atom. The maximum atomic E-state index is 12.1. The third-order valence-electron chi connectivity index (χ3n) is 8.81. The molecule has 0 unspecified atom stereocenters. The average molecular weight is 993 g/mol. The molecule has 6 aromatic carbocycles. The van der Waals surface area contributed by atoms with E-state index in [9.17, 15) is 28.8 Å². The fraction of sp³-hybridized carbons (Fsp3) is 0.192. The van der Waals surface area contributed by atoms with E-state index in [1.165, 1.54) is 0 Å². The van der Waals surface area contributed by atoms with Crippen molar-refractivity contribution in [2.45, 2.75) is 52.7 Å². The number of amides is 6. The predicted molar refractivity (Wildman–Crippen MR) is 278 cm³/mol. The Kier molecular flexibility index (Phi) is 19.7. The second kappa shape index (κ2) is 25.3. The van der Waals surface area contributed by atoms with Crippen LogP contribution in [0.5, 0.6) is 0 Å². The van der Waals surface area contributed by atoms with E-state index >= 15 is 0 Å². The fourth-order valence-corrected chi connectivity index (χ4v) is 5.95. The second-order valence-corrected chi connectivity index (χ2v) is 18.1. The Bertz CT molecular complexity index is 2720. The van der Waals surface area contributed by atoms with E-state index in [4.69, 9.17) is 37.8 Å². The van der Waals surface area contributed by atoms with Crippen molar-refractivity contribution in [3.8, 4) is 0 Å². The van der Waals surface area contributed by atoms with Gasteiger partial charge in [-0.1, -0.05) is 29.3 Å². The molecule has 0 aliphatic heterocycles. The molecule has 0 bridgehead atoms. The van der Waals surface area contributed by atoms with Crippen molar-refractivity contribution in [3.63, 3.8) is 0 Å². The summed E-state index contributed by atoms with van der Waals surface area (Å²) in [5.41, 5.74) is 4.84. The average Bonchev–Trinajstić information content (AvgIpc) is 3.27. The van der Waals surface area contributed by atoms with Gasteiger partial charge in [0.2, 0.25) is 0 Å². The van der Waals surface area contributed by atoms with Gasteiger partial charge >= 0.3 is 18.3 Å². The molecular weight excluding hydrogens is 938 g/mol. The predicted octanol–water partition coefficient (Wildman–Crippen LogP) is 13.0. The minimum atomic E-state index is -1.13. The molecule has 0 radical (unpaired) electrons. The first-order valence-electron chi connectivity index (χ1n) is 21.4.